The Labute approximate surface area is 81.3 Å². The molecule has 0 unspecified atom stereocenters. The number of nitrogens with one attached hydrogen (secondary N) is 1. The highest BCUT2D eigenvalue weighted by atomic mass is 35.5. The van der Waals surface area contributed by atoms with Crippen LogP contribution in [0.4, 0.5) is 5.69 Å². The van der Waals surface area contributed by atoms with Crippen molar-refractivity contribution in [3.05, 3.63) is 29.8 Å². The Morgan fingerprint density at radius 1 is 1.54 bits per heavy atom. The highest BCUT2D eigenvalue weighted by Crippen LogP contribution is 2.10. The third-order valence-corrected chi connectivity index (χ3v) is 1.76. The molecule has 0 saturated carbocycles. The molecule has 13 heavy (non-hydrogen) atoms. The number of carbonyl (C=O) groups is 1. The summed E-state index contributed by atoms with van der Waals surface area (Å²) in [5, 5.41) is 11.4. The molecular formula is C9H10ClNO2. The fraction of sp³-hybridized carbons (Fsp3) is 0.222. The molecule has 1 amide bonds. The minimum atomic E-state index is -0.253. The first kappa shape index (κ1) is 10.0. The van der Waals surface area contributed by atoms with E-state index in [1.807, 2.05) is 0 Å². The molecule has 0 radical (unpaired) electrons. The van der Waals surface area contributed by atoms with Gasteiger partial charge in [0.15, 0.2) is 0 Å². The molecule has 1 rings (SSSR count). The van der Waals surface area contributed by atoms with Crippen LogP contribution in [0.15, 0.2) is 24.3 Å². The van der Waals surface area contributed by atoms with Crippen molar-refractivity contribution < 1.29 is 9.90 Å². The van der Waals surface area contributed by atoms with Crippen LogP contribution in [-0.4, -0.2) is 16.9 Å². The molecular weight excluding hydrogens is 190 g/mol. The van der Waals surface area contributed by atoms with E-state index in [4.69, 9.17) is 16.7 Å². The summed E-state index contributed by atoms with van der Waals surface area (Å²) in [5.41, 5.74) is 1.41. The van der Waals surface area contributed by atoms with Crippen LogP contribution >= 0.6 is 11.6 Å². The van der Waals surface area contributed by atoms with Crippen molar-refractivity contribution >= 4 is 23.2 Å². The summed E-state index contributed by atoms with van der Waals surface area (Å²) in [6.07, 6.45) is 0. The lowest BCUT2D eigenvalue weighted by atomic mass is 10.2. The van der Waals surface area contributed by atoms with E-state index in [1.165, 1.54) is 0 Å². The summed E-state index contributed by atoms with van der Waals surface area (Å²) in [4.78, 5) is 10.9. The summed E-state index contributed by atoms with van der Waals surface area (Å²) >= 11 is 5.31. The van der Waals surface area contributed by atoms with E-state index in [2.05, 4.69) is 5.32 Å². The van der Waals surface area contributed by atoms with Gasteiger partial charge in [-0.2, -0.15) is 0 Å². The van der Waals surface area contributed by atoms with Crippen molar-refractivity contribution in [1.29, 1.82) is 0 Å². The second-order valence-electron chi connectivity index (χ2n) is 2.54. The zero-order chi connectivity index (χ0) is 9.68. The van der Waals surface area contributed by atoms with Gasteiger partial charge in [0, 0.05) is 5.69 Å². The molecule has 0 aliphatic heterocycles. The molecule has 70 valence electrons. The molecule has 0 heterocycles. The lowest BCUT2D eigenvalue weighted by Gasteiger charge is -2.03. The van der Waals surface area contributed by atoms with Gasteiger partial charge in [-0.25, -0.2) is 0 Å². The Morgan fingerprint density at radius 2 is 2.31 bits per heavy atom. The normalized spacial score (nSPS) is 9.69. The fourth-order valence-electron chi connectivity index (χ4n) is 0.942. The Balaban J connectivity index is 2.71. The Bertz CT molecular complexity index is 301. The molecule has 0 aliphatic rings. The molecule has 1 aromatic rings. The van der Waals surface area contributed by atoms with E-state index >= 15 is 0 Å². The zero-order valence-corrected chi connectivity index (χ0v) is 7.71. The maximum Gasteiger partial charge on any atom is 0.239 e. The van der Waals surface area contributed by atoms with Crippen molar-refractivity contribution in [2.75, 3.05) is 11.2 Å². The van der Waals surface area contributed by atoms with E-state index in [1.54, 1.807) is 24.3 Å². The standard InChI is InChI=1S/C9H10ClNO2/c10-5-9(13)11-8-3-1-2-7(4-8)6-12/h1-4,12H,5-6H2,(H,11,13). The molecule has 1 aromatic carbocycles. The van der Waals surface area contributed by atoms with Crippen LogP contribution in [0, 0.1) is 0 Å². The number of amides is 1. The Hall–Kier alpha value is -1.06. The average molecular weight is 200 g/mol. The number of alkyl halides is 1. The Morgan fingerprint density at radius 3 is 2.92 bits per heavy atom. The van der Waals surface area contributed by atoms with E-state index in [0.717, 1.165) is 5.56 Å². The SMILES string of the molecule is O=C(CCl)Nc1cccc(CO)c1. The molecule has 2 N–H and O–H groups in total. The minimum absolute atomic E-state index is 0.0371. The molecule has 0 aliphatic carbocycles. The largest absolute Gasteiger partial charge is 0.392 e. The Kier molecular flexibility index (Phi) is 3.73. The molecule has 4 heteroatoms. The molecule has 0 spiro atoms. The number of aliphatic hydroxyl groups is 1. The highest BCUT2D eigenvalue weighted by molar-refractivity contribution is 6.29. The summed E-state index contributed by atoms with van der Waals surface area (Å²) in [7, 11) is 0. The van der Waals surface area contributed by atoms with Crippen molar-refractivity contribution in [2.24, 2.45) is 0 Å². The minimum Gasteiger partial charge on any atom is -0.392 e. The lowest BCUT2D eigenvalue weighted by molar-refractivity contribution is -0.113. The van der Waals surface area contributed by atoms with Crippen molar-refractivity contribution in [3.63, 3.8) is 0 Å². The van der Waals surface area contributed by atoms with Crippen molar-refractivity contribution in [1.82, 2.24) is 0 Å². The first-order chi connectivity index (χ1) is 6.26. The van der Waals surface area contributed by atoms with Crippen LogP contribution in [0.1, 0.15) is 5.56 Å². The van der Waals surface area contributed by atoms with Crippen LogP contribution in [0.2, 0.25) is 0 Å². The van der Waals surface area contributed by atoms with Gasteiger partial charge in [-0.05, 0) is 17.7 Å². The molecule has 0 bridgehead atoms. The lowest BCUT2D eigenvalue weighted by Crippen LogP contribution is -2.12. The molecule has 0 saturated heterocycles. The van der Waals surface area contributed by atoms with Gasteiger partial charge in [-0.3, -0.25) is 4.79 Å². The topological polar surface area (TPSA) is 49.3 Å². The van der Waals surface area contributed by atoms with E-state index in [-0.39, 0.29) is 18.4 Å². The van der Waals surface area contributed by atoms with Crippen LogP contribution in [0.25, 0.3) is 0 Å². The average Bonchev–Trinajstić information content (AvgIpc) is 2.18. The number of aliphatic hydroxyl groups excluding tert-OH is 1. The van der Waals surface area contributed by atoms with Gasteiger partial charge in [0.05, 0.1) is 6.61 Å². The number of rotatable bonds is 3. The van der Waals surface area contributed by atoms with Crippen LogP contribution in [-0.2, 0) is 11.4 Å². The number of carbonyl (C=O) groups excluding carboxylic acids is 1. The predicted molar refractivity (Wildman–Crippen MR) is 51.7 cm³/mol. The molecule has 0 atom stereocenters. The summed E-state index contributed by atoms with van der Waals surface area (Å²) < 4.78 is 0. The predicted octanol–water partition coefficient (Wildman–Crippen LogP) is 1.36. The van der Waals surface area contributed by atoms with E-state index in [0.29, 0.717) is 5.69 Å². The van der Waals surface area contributed by atoms with Crippen molar-refractivity contribution in [3.8, 4) is 0 Å². The smallest absolute Gasteiger partial charge is 0.239 e. The number of hydrogen-bond acceptors (Lipinski definition) is 2. The number of benzene rings is 1. The quantitative estimate of drug-likeness (QED) is 0.723. The molecule has 0 fully saturated rings. The molecule has 0 aromatic heterocycles. The summed E-state index contributed by atoms with van der Waals surface area (Å²) in [6, 6.07) is 6.97. The maximum absolute atomic E-state index is 10.9. The fourth-order valence-corrected chi connectivity index (χ4v) is 1.01. The first-order valence-electron chi connectivity index (χ1n) is 3.82. The first-order valence-corrected chi connectivity index (χ1v) is 4.35. The third-order valence-electron chi connectivity index (χ3n) is 1.51. The monoisotopic (exact) mass is 199 g/mol. The van der Waals surface area contributed by atoms with Crippen LogP contribution in [0.5, 0.6) is 0 Å². The van der Waals surface area contributed by atoms with Gasteiger partial charge in [0.2, 0.25) is 5.91 Å². The number of anilines is 1. The van der Waals surface area contributed by atoms with Crippen LogP contribution < -0.4 is 5.32 Å². The van der Waals surface area contributed by atoms with Gasteiger partial charge in [0.1, 0.15) is 5.88 Å². The highest BCUT2D eigenvalue weighted by Gasteiger charge is 1.99. The number of hydrogen-bond donors (Lipinski definition) is 2. The van der Waals surface area contributed by atoms with Gasteiger partial charge in [-0.15, -0.1) is 11.6 Å². The second kappa shape index (κ2) is 4.84. The third kappa shape index (κ3) is 3.05. The van der Waals surface area contributed by atoms with Gasteiger partial charge in [0.25, 0.3) is 0 Å². The zero-order valence-electron chi connectivity index (χ0n) is 6.96. The van der Waals surface area contributed by atoms with Crippen molar-refractivity contribution in [2.45, 2.75) is 6.61 Å². The maximum atomic E-state index is 10.9. The van der Waals surface area contributed by atoms with E-state index < -0.39 is 0 Å². The van der Waals surface area contributed by atoms with Crippen LogP contribution in [0.3, 0.4) is 0 Å². The molecule has 3 nitrogen and oxygen atoms in total. The summed E-state index contributed by atoms with van der Waals surface area (Å²) in [6.45, 7) is -0.0371. The van der Waals surface area contributed by atoms with Gasteiger partial charge >= 0.3 is 0 Å². The van der Waals surface area contributed by atoms with Gasteiger partial charge in [-0.1, -0.05) is 12.1 Å². The second-order valence-corrected chi connectivity index (χ2v) is 2.81. The van der Waals surface area contributed by atoms with E-state index in [9.17, 15) is 4.79 Å². The van der Waals surface area contributed by atoms with Gasteiger partial charge < -0.3 is 10.4 Å². The number of halogens is 1. The summed E-state index contributed by atoms with van der Waals surface area (Å²) in [5.74, 6) is -0.319.